The number of thiophene rings is 1. The molecular weight excluding hydrogens is 344 g/mol. The van der Waals surface area contributed by atoms with Crippen LogP contribution >= 0.6 is 11.3 Å². The van der Waals surface area contributed by atoms with Gasteiger partial charge in [0, 0.05) is 17.5 Å². The van der Waals surface area contributed by atoms with Gasteiger partial charge in [0.2, 0.25) is 0 Å². The Morgan fingerprint density at radius 2 is 2.00 bits per heavy atom. The summed E-state index contributed by atoms with van der Waals surface area (Å²) in [5.41, 5.74) is 1.30. The summed E-state index contributed by atoms with van der Waals surface area (Å²) in [5, 5.41) is 0. The van der Waals surface area contributed by atoms with E-state index in [0.717, 1.165) is 37.2 Å². The second-order valence-electron chi connectivity index (χ2n) is 8.56. The highest BCUT2D eigenvalue weighted by Gasteiger charge is 2.48. The number of amides is 1. The maximum absolute atomic E-state index is 13.2. The van der Waals surface area contributed by atoms with Crippen LogP contribution in [0.2, 0.25) is 0 Å². The first-order valence-electron chi connectivity index (χ1n) is 10.5. The Labute approximate surface area is 160 Å². The van der Waals surface area contributed by atoms with Gasteiger partial charge >= 0.3 is 0 Å². The van der Waals surface area contributed by atoms with Crippen molar-refractivity contribution in [1.82, 2.24) is 9.80 Å². The summed E-state index contributed by atoms with van der Waals surface area (Å²) in [4.78, 5) is 20.4. The van der Waals surface area contributed by atoms with Crippen molar-refractivity contribution in [2.45, 2.75) is 69.4 Å². The normalized spacial score (nSPS) is 32.3. The molecule has 2 atom stereocenters. The minimum atomic E-state index is -0.128. The molecule has 26 heavy (non-hydrogen) atoms. The van der Waals surface area contributed by atoms with E-state index in [0.29, 0.717) is 12.6 Å². The summed E-state index contributed by atoms with van der Waals surface area (Å²) in [5.74, 6) is 0.248. The van der Waals surface area contributed by atoms with Crippen LogP contribution < -0.4 is 0 Å². The molecule has 5 rings (SSSR count). The van der Waals surface area contributed by atoms with Gasteiger partial charge in [-0.15, -0.1) is 11.3 Å². The van der Waals surface area contributed by atoms with Gasteiger partial charge in [-0.05, 0) is 69.7 Å². The molecule has 1 aromatic rings. The first-order chi connectivity index (χ1) is 12.8. The maximum Gasteiger partial charge on any atom is 0.264 e. The molecule has 0 radical (unpaired) electrons. The third-order valence-corrected chi connectivity index (χ3v) is 8.20. The van der Waals surface area contributed by atoms with E-state index in [1.54, 1.807) is 11.3 Å². The minimum Gasteiger partial charge on any atom is -0.370 e. The van der Waals surface area contributed by atoms with Crippen LogP contribution in [0.1, 0.15) is 65.1 Å². The fourth-order valence-corrected chi connectivity index (χ4v) is 6.90. The van der Waals surface area contributed by atoms with Crippen molar-refractivity contribution in [2.24, 2.45) is 0 Å². The molecule has 1 saturated carbocycles. The van der Waals surface area contributed by atoms with Crippen LogP contribution in [0.5, 0.6) is 0 Å². The van der Waals surface area contributed by atoms with Crippen LogP contribution in [0, 0.1) is 0 Å². The monoisotopic (exact) mass is 374 g/mol. The molecule has 1 amide bonds. The SMILES string of the molecule is O=C(c1cc2c(s1)CCC2)N1CCO[C@@]2(CCCC[C@H]2N2CCCC2)C1. The second kappa shape index (κ2) is 6.92. The highest BCUT2D eigenvalue weighted by molar-refractivity contribution is 7.14. The lowest BCUT2D eigenvalue weighted by molar-refractivity contribution is -0.156. The molecule has 0 aromatic carbocycles. The first kappa shape index (κ1) is 17.2. The Bertz CT molecular complexity index is 656. The van der Waals surface area contributed by atoms with Gasteiger partial charge in [-0.2, -0.15) is 0 Å². The molecule has 4 aliphatic rings. The molecule has 2 aliphatic carbocycles. The number of fused-ring (bicyclic) bond motifs is 1. The lowest BCUT2D eigenvalue weighted by atomic mass is 9.78. The Hall–Kier alpha value is -0.910. The molecular formula is C21H30N2O2S. The molecule has 1 aromatic heterocycles. The van der Waals surface area contributed by atoms with E-state index in [4.69, 9.17) is 4.74 Å². The fourth-order valence-electron chi connectivity index (χ4n) is 5.68. The number of likely N-dealkylation sites (tertiary alicyclic amines) is 1. The van der Waals surface area contributed by atoms with Crippen molar-refractivity contribution in [3.8, 4) is 0 Å². The number of hydrogen-bond acceptors (Lipinski definition) is 4. The van der Waals surface area contributed by atoms with Crippen molar-refractivity contribution in [3.05, 3.63) is 21.4 Å². The number of hydrogen-bond donors (Lipinski definition) is 0. The smallest absolute Gasteiger partial charge is 0.264 e. The molecule has 3 heterocycles. The van der Waals surface area contributed by atoms with Gasteiger partial charge in [0.1, 0.15) is 5.60 Å². The summed E-state index contributed by atoms with van der Waals surface area (Å²) in [6.45, 7) is 4.65. The van der Waals surface area contributed by atoms with Gasteiger partial charge in [0.25, 0.3) is 5.91 Å². The van der Waals surface area contributed by atoms with E-state index < -0.39 is 0 Å². The zero-order valence-corrected chi connectivity index (χ0v) is 16.5. The van der Waals surface area contributed by atoms with Crippen LogP contribution in [0.3, 0.4) is 0 Å². The number of morpholine rings is 1. The number of carbonyl (C=O) groups is 1. The van der Waals surface area contributed by atoms with E-state index >= 15 is 0 Å². The molecule has 0 unspecified atom stereocenters. The molecule has 4 nitrogen and oxygen atoms in total. The number of ether oxygens (including phenoxy) is 1. The highest BCUT2D eigenvalue weighted by atomic mass is 32.1. The van der Waals surface area contributed by atoms with Crippen LogP contribution in [0.15, 0.2) is 6.07 Å². The zero-order valence-electron chi connectivity index (χ0n) is 15.7. The van der Waals surface area contributed by atoms with Gasteiger partial charge in [-0.25, -0.2) is 0 Å². The quantitative estimate of drug-likeness (QED) is 0.794. The predicted octanol–water partition coefficient (Wildman–Crippen LogP) is 3.49. The number of aryl methyl sites for hydroxylation is 2. The van der Waals surface area contributed by atoms with Crippen LogP contribution in [-0.2, 0) is 17.6 Å². The summed E-state index contributed by atoms with van der Waals surface area (Å²) in [7, 11) is 0. The van der Waals surface area contributed by atoms with Crippen LogP contribution in [0.4, 0.5) is 0 Å². The Kier molecular flexibility index (Phi) is 4.58. The lowest BCUT2D eigenvalue weighted by Crippen LogP contribution is -2.64. The van der Waals surface area contributed by atoms with Crippen molar-refractivity contribution < 1.29 is 9.53 Å². The van der Waals surface area contributed by atoms with E-state index in [1.165, 1.54) is 62.1 Å². The number of carbonyl (C=O) groups excluding carboxylic acids is 1. The van der Waals surface area contributed by atoms with E-state index in [9.17, 15) is 4.79 Å². The molecule has 3 fully saturated rings. The minimum absolute atomic E-state index is 0.128. The lowest BCUT2D eigenvalue weighted by Gasteiger charge is -2.52. The van der Waals surface area contributed by atoms with Crippen LogP contribution in [0.25, 0.3) is 0 Å². The molecule has 2 aliphatic heterocycles. The molecule has 1 spiro atoms. The summed E-state index contributed by atoms with van der Waals surface area (Å²) in [6, 6.07) is 2.68. The van der Waals surface area contributed by atoms with Gasteiger partial charge < -0.3 is 9.64 Å². The van der Waals surface area contributed by atoms with Crippen LogP contribution in [-0.4, -0.2) is 60.1 Å². The van der Waals surface area contributed by atoms with E-state index in [2.05, 4.69) is 15.9 Å². The Morgan fingerprint density at radius 1 is 1.12 bits per heavy atom. The molecule has 5 heteroatoms. The molecule has 0 bridgehead atoms. The van der Waals surface area contributed by atoms with Crippen molar-refractivity contribution >= 4 is 17.2 Å². The first-order valence-corrected chi connectivity index (χ1v) is 11.4. The largest absolute Gasteiger partial charge is 0.370 e. The molecule has 142 valence electrons. The second-order valence-corrected chi connectivity index (χ2v) is 9.69. The third kappa shape index (κ3) is 2.92. The zero-order chi connectivity index (χ0) is 17.6. The van der Waals surface area contributed by atoms with Crippen molar-refractivity contribution in [3.63, 3.8) is 0 Å². The third-order valence-electron chi connectivity index (χ3n) is 6.97. The maximum atomic E-state index is 13.2. The number of rotatable bonds is 2. The summed E-state index contributed by atoms with van der Waals surface area (Å²) < 4.78 is 6.48. The number of nitrogens with zero attached hydrogens (tertiary/aromatic N) is 2. The average molecular weight is 375 g/mol. The Morgan fingerprint density at radius 3 is 2.85 bits per heavy atom. The van der Waals surface area contributed by atoms with Gasteiger partial charge in [0.15, 0.2) is 0 Å². The van der Waals surface area contributed by atoms with Gasteiger partial charge in [-0.3, -0.25) is 9.69 Å². The average Bonchev–Trinajstić information content (AvgIpc) is 3.39. The molecule has 0 N–H and O–H groups in total. The van der Waals surface area contributed by atoms with Crippen molar-refractivity contribution in [1.29, 1.82) is 0 Å². The van der Waals surface area contributed by atoms with Crippen molar-refractivity contribution in [2.75, 3.05) is 32.8 Å². The fraction of sp³-hybridized carbons (Fsp3) is 0.762. The molecule has 2 saturated heterocycles. The predicted molar refractivity (Wildman–Crippen MR) is 104 cm³/mol. The summed E-state index contributed by atoms with van der Waals surface area (Å²) in [6.07, 6.45) is 11.1. The van der Waals surface area contributed by atoms with Gasteiger partial charge in [-0.1, -0.05) is 12.8 Å². The highest BCUT2D eigenvalue weighted by Crippen LogP contribution is 2.40. The van der Waals surface area contributed by atoms with E-state index in [1.807, 2.05) is 0 Å². The topological polar surface area (TPSA) is 32.8 Å². The van der Waals surface area contributed by atoms with Gasteiger partial charge in [0.05, 0.1) is 18.0 Å². The summed E-state index contributed by atoms with van der Waals surface area (Å²) >= 11 is 1.74. The Balaban J connectivity index is 1.36. The van der Waals surface area contributed by atoms with E-state index in [-0.39, 0.29) is 11.5 Å². The standard InChI is InChI=1S/C21H30N2O2S/c24-20(18-14-16-6-5-7-17(16)26-18)23-12-13-25-21(15-23)9-2-1-8-19(21)22-10-3-4-11-22/h14,19H,1-13,15H2/t19-,21+/m1/s1.